The normalized spacial score (nSPS) is 22.8. The third-order valence-corrected chi connectivity index (χ3v) is 6.55. The topological polar surface area (TPSA) is 38.2 Å². The molecule has 5 heteroatoms. The van der Waals surface area contributed by atoms with Gasteiger partial charge in [0.15, 0.2) is 0 Å². The fourth-order valence-corrected chi connectivity index (χ4v) is 4.43. The number of nitrogens with zero attached hydrogens (tertiary/aromatic N) is 3. The van der Waals surface area contributed by atoms with Gasteiger partial charge < -0.3 is 9.64 Å². The van der Waals surface area contributed by atoms with Crippen LogP contribution in [0.25, 0.3) is 0 Å². The molecular formula is C22H28BrN3O. The molecule has 1 aliphatic heterocycles. The van der Waals surface area contributed by atoms with Crippen LogP contribution < -0.4 is 4.90 Å². The van der Waals surface area contributed by atoms with Crippen LogP contribution in [0.2, 0.25) is 0 Å². The van der Waals surface area contributed by atoms with Crippen molar-refractivity contribution in [1.82, 2.24) is 9.97 Å². The second kappa shape index (κ2) is 8.70. The van der Waals surface area contributed by atoms with Crippen molar-refractivity contribution in [1.29, 1.82) is 0 Å². The van der Waals surface area contributed by atoms with Crippen molar-refractivity contribution in [3.05, 3.63) is 52.3 Å². The van der Waals surface area contributed by atoms with Gasteiger partial charge in [-0.05, 0) is 66.7 Å². The second-order valence-corrected chi connectivity index (χ2v) is 8.79. The van der Waals surface area contributed by atoms with E-state index in [2.05, 4.69) is 62.0 Å². The zero-order valence-corrected chi connectivity index (χ0v) is 17.6. The lowest BCUT2D eigenvalue weighted by Gasteiger charge is -2.32. The summed E-state index contributed by atoms with van der Waals surface area (Å²) in [6.45, 7) is 5.93. The predicted molar refractivity (Wildman–Crippen MR) is 112 cm³/mol. The summed E-state index contributed by atoms with van der Waals surface area (Å²) in [5.41, 5.74) is 2.45. The summed E-state index contributed by atoms with van der Waals surface area (Å²) >= 11 is 3.47. The Morgan fingerprint density at radius 1 is 1.07 bits per heavy atom. The first kappa shape index (κ1) is 18.9. The highest BCUT2D eigenvalue weighted by atomic mass is 79.9. The molecule has 4 rings (SSSR count). The van der Waals surface area contributed by atoms with Crippen molar-refractivity contribution in [2.45, 2.75) is 39.2 Å². The molecule has 1 aliphatic carbocycles. The van der Waals surface area contributed by atoms with Crippen LogP contribution in [0.1, 0.15) is 37.3 Å². The van der Waals surface area contributed by atoms with E-state index in [4.69, 9.17) is 4.74 Å². The van der Waals surface area contributed by atoms with Crippen LogP contribution in [0.3, 0.4) is 0 Å². The third-order valence-electron chi connectivity index (χ3n) is 6.02. The van der Waals surface area contributed by atoms with Crippen LogP contribution in [0.15, 0.2) is 41.1 Å². The Balaban J connectivity index is 1.18. The van der Waals surface area contributed by atoms with Crippen LogP contribution in [0.5, 0.6) is 0 Å². The van der Waals surface area contributed by atoms with E-state index in [1.165, 1.54) is 30.4 Å². The van der Waals surface area contributed by atoms with Gasteiger partial charge in [0.1, 0.15) is 0 Å². The average molecular weight is 430 g/mol. The molecule has 2 fully saturated rings. The minimum atomic E-state index is 0.722. The predicted octanol–water partition coefficient (Wildman–Crippen LogP) is 4.87. The van der Waals surface area contributed by atoms with E-state index >= 15 is 0 Å². The number of aromatic nitrogens is 2. The van der Waals surface area contributed by atoms with Crippen molar-refractivity contribution in [2.75, 3.05) is 24.6 Å². The number of aryl methyl sites for hydroxylation is 1. The lowest BCUT2D eigenvalue weighted by molar-refractivity contribution is 0.104. The lowest BCUT2D eigenvalue weighted by atomic mass is 9.91. The maximum absolute atomic E-state index is 5.97. The largest absolute Gasteiger partial charge is 0.376 e. The minimum Gasteiger partial charge on any atom is -0.376 e. The van der Waals surface area contributed by atoms with Crippen LogP contribution in [0, 0.1) is 17.8 Å². The highest BCUT2D eigenvalue weighted by Crippen LogP contribution is 2.48. The molecule has 1 saturated heterocycles. The molecular weight excluding hydrogens is 402 g/mol. The van der Waals surface area contributed by atoms with Gasteiger partial charge in [0, 0.05) is 30.0 Å². The van der Waals surface area contributed by atoms with E-state index in [1.54, 1.807) is 0 Å². The summed E-state index contributed by atoms with van der Waals surface area (Å²) in [6, 6.07) is 8.40. The van der Waals surface area contributed by atoms with Gasteiger partial charge in [-0.1, -0.05) is 35.0 Å². The van der Waals surface area contributed by atoms with E-state index in [-0.39, 0.29) is 0 Å². The van der Waals surface area contributed by atoms with Gasteiger partial charge in [-0.25, -0.2) is 9.97 Å². The quantitative estimate of drug-likeness (QED) is 0.628. The van der Waals surface area contributed by atoms with E-state index in [9.17, 15) is 0 Å². The maximum atomic E-state index is 5.97. The molecule has 1 saturated carbocycles. The summed E-state index contributed by atoms with van der Waals surface area (Å²) in [5, 5.41) is 0. The summed E-state index contributed by atoms with van der Waals surface area (Å²) in [6.07, 6.45) is 8.78. The Kier molecular flexibility index (Phi) is 6.08. The molecule has 0 amide bonds. The molecule has 2 heterocycles. The molecule has 1 aromatic heterocycles. The summed E-state index contributed by atoms with van der Waals surface area (Å²) in [5.74, 6) is 3.37. The van der Waals surface area contributed by atoms with Crippen molar-refractivity contribution in [3.63, 3.8) is 0 Å². The van der Waals surface area contributed by atoms with Crippen molar-refractivity contribution in [3.8, 4) is 0 Å². The van der Waals surface area contributed by atoms with Crippen LogP contribution in [-0.4, -0.2) is 29.7 Å². The summed E-state index contributed by atoms with van der Waals surface area (Å²) in [4.78, 5) is 11.4. The minimum absolute atomic E-state index is 0.722. The number of anilines is 1. The van der Waals surface area contributed by atoms with Crippen molar-refractivity contribution < 1.29 is 4.74 Å². The Morgan fingerprint density at radius 3 is 2.44 bits per heavy atom. The van der Waals surface area contributed by atoms with Gasteiger partial charge in [0.05, 0.1) is 13.2 Å². The number of hydrogen-bond donors (Lipinski definition) is 0. The van der Waals surface area contributed by atoms with Crippen LogP contribution in [0.4, 0.5) is 5.95 Å². The number of halogens is 1. The van der Waals surface area contributed by atoms with Gasteiger partial charge in [-0.15, -0.1) is 0 Å². The van der Waals surface area contributed by atoms with E-state index in [0.29, 0.717) is 0 Å². The van der Waals surface area contributed by atoms with E-state index in [1.807, 2.05) is 12.4 Å². The van der Waals surface area contributed by atoms with Gasteiger partial charge in [-0.3, -0.25) is 0 Å². The maximum Gasteiger partial charge on any atom is 0.225 e. The summed E-state index contributed by atoms with van der Waals surface area (Å²) in [7, 11) is 0. The Morgan fingerprint density at radius 2 is 1.78 bits per heavy atom. The Bertz CT molecular complexity index is 726. The van der Waals surface area contributed by atoms with Gasteiger partial charge in [-0.2, -0.15) is 0 Å². The molecule has 2 aliphatic rings. The highest BCUT2D eigenvalue weighted by molar-refractivity contribution is 9.10. The zero-order chi connectivity index (χ0) is 18.6. The Hall–Kier alpha value is -1.46. The number of rotatable bonds is 7. The second-order valence-electron chi connectivity index (χ2n) is 7.87. The fraction of sp³-hybridized carbons (Fsp3) is 0.545. The fourth-order valence-electron chi connectivity index (χ4n) is 4.17. The summed E-state index contributed by atoms with van der Waals surface area (Å²) < 4.78 is 7.09. The molecule has 0 bridgehead atoms. The molecule has 2 unspecified atom stereocenters. The van der Waals surface area contributed by atoms with Crippen molar-refractivity contribution >= 4 is 21.9 Å². The van der Waals surface area contributed by atoms with E-state index < -0.39 is 0 Å². The number of hydrogen-bond acceptors (Lipinski definition) is 4. The molecule has 2 atom stereocenters. The molecule has 27 heavy (non-hydrogen) atoms. The van der Waals surface area contributed by atoms with Gasteiger partial charge in [0.25, 0.3) is 0 Å². The van der Waals surface area contributed by atoms with Gasteiger partial charge >= 0.3 is 0 Å². The molecule has 2 aromatic rings. The smallest absolute Gasteiger partial charge is 0.225 e. The molecule has 0 radical (unpaired) electrons. The van der Waals surface area contributed by atoms with Crippen LogP contribution >= 0.6 is 15.9 Å². The first-order valence-corrected chi connectivity index (χ1v) is 10.9. The van der Waals surface area contributed by atoms with E-state index in [0.717, 1.165) is 60.9 Å². The first-order valence-electron chi connectivity index (χ1n) is 10.1. The molecule has 0 spiro atoms. The molecule has 0 N–H and O–H groups in total. The molecule has 144 valence electrons. The standard InChI is InChI=1S/C22H28BrN3O/c1-2-16-12-24-22(25-13-16)26-9-7-18(8-10-26)21-11-19(21)15-27-14-17-3-5-20(23)6-4-17/h3-6,12-13,18-19,21H,2,7-11,14-15H2,1H3. The van der Waals surface area contributed by atoms with Crippen LogP contribution in [-0.2, 0) is 17.8 Å². The molecule has 1 aromatic carbocycles. The average Bonchev–Trinajstić information content (AvgIpc) is 3.49. The highest BCUT2D eigenvalue weighted by Gasteiger charge is 2.43. The van der Waals surface area contributed by atoms with Crippen molar-refractivity contribution in [2.24, 2.45) is 17.8 Å². The number of piperidine rings is 1. The molecule has 4 nitrogen and oxygen atoms in total. The first-order chi connectivity index (χ1) is 13.2. The number of ether oxygens (including phenoxy) is 1. The third kappa shape index (κ3) is 4.88. The SMILES string of the molecule is CCc1cnc(N2CCC(C3CC3COCc3ccc(Br)cc3)CC2)nc1. The monoisotopic (exact) mass is 429 g/mol. The lowest BCUT2D eigenvalue weighted by Crippen LogP contribution is -2.35. The Labute approximate surface area is 170 Å². The van der Waals surface area contributed by atoms with Gasteiger partial charge in [0.2, 0.25) is 5.95 Å². The number of benzene rings is 1. The zero-order valence-electron chi connectivity index (χ0n) is 16.0.